The van der Waals surface area contributed by atoms with Gasteiger partial charge in [0.25, 0.3) is 5.91 Å². The van der Waals surface area contributed by atoms with Crippen molar-refractivity contribution in [2.75, 3.05) is 5.32 Å². The van der Waals surface area contributed by atoms with E-state index in [2.05, 4.69) is 73.8 Å². The number of ether oxygens (including phenoxy) is 2. The molecule has 0 heterocycles. The Hall–Kier alpha value is -1.80. The number of halogens is 8. The first-order valence-electron chi connectivity index (χ1n) is 9.46. The molecule has 6 nitrogen and oxygen atoms in total. The van der Waals surface area contributed by atoms with Gasteiger partial charge in [0.2, 0.25) is 0 Å². The Bertz CT molecular complexity index is 1350. The van der Waals surface area contributed by atoms with E-state index in [4.69, 9.17) is 16.3 Å². The quantitative estimate of drug-likeness (QED) is 0.185. The minimum absolute atomic E-state index is 0.101. The van der Waals surface area contributed by atoms with Crippen LogP contribution in [-0.2, 0) is 6.61 Å². The number of hydrogen-bond donors (Lipinski definition) is 2. The minimum atomic E-state index is -4.81. The third-order valence-electron chi connectivity index (χ3n) is 4.42. The van der Waals surface area contributed by atoms with Crippen molar-refractivity contribution in [3.8, 4) is 11.5 Å². The van der Waals surface area contributed by atoms with E-state index in [9.17, 15) is 27.9 Å². The first-order chi connectivity index (χ1) is 16.8. The van der Waals surface area contributed by atoms with Crippen LogP contribution in [0.5, 0.6) is 11.5 Å². The second kappa shape index (κ2) is 11.7. The Labute approximate surface area is 240 Å². The first-order valence-corrected chi connectivity index (χ1v) is 13.0. The zero-order chi connectivity index (χ0) is 26.8. The number of carboxylic acids is 1. The first kappa shape index (κ1) is 28.8. The number of hydrogen-bond acceptors (Lipinski definition) is 4. The Morgan fingerprint density at radius 2 is 1.58 bits per heavy atom. The van der Waals surface area contributed by atoms with E-state index < -0.39 is 18.2 Å². The fraction of sp³-hybridized carbons (Fsp3) is 0.0909. The highest BCUT2D eigenvalue weighted by atomic mass is 79.9. The standard InChI is InChI=1S/C22H11Br4ClF3NO5/c23-16-14(15(21(33)34)17(24)19(26)18(16)25)20(32)31-10-4-5-13(12(27)7-10)35-8-9-2-1-3-11(6-9)36-22(28,29)30/h1-7H,8H2,(H,31,32)(H,33,34). The summed E-state index contributed by atoms with van der Waals surface area (Å²) in [6, 6.07) is 9.60. The number of rotatable bonds is 7. The van der Waals surface area contributed by atoms with E-state index in [1.165, 1.54) is 30.3 Å². The molecule has 14 heteroatoms. The third-order valence-corrected chi connectivity index (χ3v) is 9.49. The number of carbonyl (C=O) groups is 2. The maximum absolute atomic E-state index is 13.0. The normalized spacial score (nSPS) is 11.2. The van der Waals surface area contributed by atoms with E-state index in [0.29, 0.717) is 14.5 Å². The number of nitrogens with one attached hydrogen (secondary N) is 1. The summed E-state index contributed by atoms with van der Waals surface area (Å²) in [7, 11) is 0. The molecule has 0 fully saturated rings. The van der Waals surface area contributed by atoms with Gasteiger partial charge in [-0.2, -0.15) is 0 Å². The van der Waals surface area contributed by atoms with Crippen LogP contribution in [0.2, 0.25) is 5.02 Å². The van der Waals surface area contributed by atoms with Gasteiger partial charge in [0.1, 0.15) is 18.1 Å². The summed E-state index contributed by atoms with van der Waals surface area (Å²) < 4.78 is 47.9. The average Bonchev–Trinajstić information content (AvgIpc) is 2.78. The lowest BCUT2D eigenvalue weighted by Gasteiger charge is -2.15. The molecule has 36 heavy (non-hydrogen) atoms. The van der Waals surface area contributed by atoms with Crippen molar-refractivity contribution in [2.24, 2.45) is 0 Å². The predicted molar refractivity (Wildman–Crippen MR) is 141 cm³/mol. The Kier molecular flexibility index (Phi) is 9.36. The monoisotopic (exact) mass is 777 g/mol. The number of anilines is 1. The third kappa shape index (κ3) is 6.94. The summed E-state index contributed by atoms with van der Waals surface area (Å²) >= 11 is 19.2. The van der Waals surface area contributed by atoms with Crippen molar-refractivity contribution in [1.29, 1.82) is 0 Å². The van der Waals surface area contributed by atoms with Crippen molar-refractivity contribution in [2.45, 2.75) is 13.0 Å². The highest BCUT2D eigenvalue weighted by Crippen LogP contribution is 2.42. The zero-order valence-corrected chi connectivity index (χ0v) is 24.5. The van der Waals surface area contributed by atoms with Crippen molar-refractivity contribution in [3.63, 3.8) is 0 Å². The number of carboxylic acid groups (broad SMARTS) is 1. The Balaban J connectivity index is 1.77. The van der Waals surface area contributed by atoms with E-state index in [1.807, 2.05) is 0 Å². The molecule has 0 saturated heterocycles. The summed E-state index contributed by atoms with van der Waals surface area (Å²) in [5, 5.41) is 12.3. The maximum atomic E-state index is 13.0. The van der Waals surface area contributed by atoms with Crippen LogP contribution in [0, 0.1) is 0 Å². The van der Waals surface area contributed by atoms with Crippen LogP contribution in [0.4, 0.5) is 18.9 Å². The van der Waals surface area contributed by atoms with Gasteiger partial charge in [-0.05, 0) is 99.6 Å². The van der Waals surface area contributed by atoms with Crippen molar-refractivity contribution < 1.29 is 37.3 Å². The number of aromatic carboxylic acids is 1. The molecule has 0 bridgehead atoms. The average molecular weight is 781 g/mol. The molecular formula is C22H11Br4ClF3NO5. The van der Waals surface area contributed by atoms with Gasteiger partial charge in [-0.3, -0.25) is 4.79 Å². The highest BCUT2D eigenvalue weighted by Gasteiger charge is 2.31. The van der Waals surface area contributed by atoms with Gasteiger partial charge in [0.15, 0.2) is 0 Å². The predicted octanol–water partition coefficient (Wildman–Crippen LogP) is 8.82. The maximum Gasteiger partial charge on any atom is 0.573 e. The van der Waals surface area contributed by atoms with E-state index in [0.717, 1.165) is 6.07 Å². The molecule has 0 spiro atoms. The molecule has 0 saturated carbocycles. The molecule has 190 valence electrons. The second-order valence-corrected chi connectivity index (χ2v) is 10.5. The number of amides is 1. The molecule has 3 aromatic rings. The molecule has 0 atom stereocenters. The molecule has 2 N–H and O–H groups in total. The number of benzene rings is 3. The molecule has 3 rings (SSSR count). The molecule has 1 amide bonds. The summed E-state index contributed by atoms with van der Waals surface area (Å²) in [6.45, 7) is -0.101. The largest absolute Gasteiger partial charge is 0.573 e. The SMILES string of the molecule is O=C(O)c1c(Br)c(Br)c(Br)c(Br)c1C(=O)Nc1ccc(OCc2cccc(OC(F)(F)F)c2)c(Cl)c1. The van der Waals surface area contributed by atoms with Gasteiger partial charge in [0.05, 0.1) is 16.1 Å². The van der Waals surface area contributed by atoms with Gasteiger partial charge in [-0.15, -0.1) is 13.2 Å². The van der Waals surface area contributed by atoms with Gasteiger partial charge in [-0.1, -0.05) is 23.7 Å². The molecular weight excluding hydrogens is 770 g/mol. The van der Waals surface area contributed by atoms with Gasteiger partial charge < -0.3 is 19.9 Å². The summed E-state index contributed by atoms with van der Waals surface area (Å²) in [5.74, 6) is -2.23. The molecule has 3 aromatic carbocycles. The van der Waals surface area contributed by atoms with Crippen LogP contribution in [0.3, 0.4) is 0 Å². The van der Waals surface area contributed by atoms with E-state index in [-0.39, 0.29) is 48.9 Å². The smallest absolute Gasteiger partial charge is 0.487 e. The van der Waals surface area contributed by atoms with Crippen molar-refractivity contribution in [1.82, 2.24) is 0 Å². The van der Waals surface area contributed by atoms with Crippen LogP contribution in [0.25, 0.3) is 0 Å². The summed E-state index contributed by atoms with van der Waals surface area (Å²) in [6.07, 6.45) is -4.81. The lowest BCUT2D eigenvalue weighted by Crippen LogP contribution is -2.18. The highest BCUT2D eigenvalue weighted by molar-refractivity contribution is 9.15. The fourth-order valence-corrected chi connectivity index (χ4v) is 5.63. The topological polar surface area (TPSA) is 84.9 Å². The van der Waals surface area contributed by atoms with E-state index >= 15 is 0 Å². The van der Waals surface area contributed by atoms with Crippen LogP contribution < -0.4 is 14.8 Å². The van der Waals surface area contributed by atoms with E-state index in [1.54, 1.807) is 6.07 Å². The molecule has 0 aliphatic carbocycles. The van der Waals surface area contributed by atoms with Crippen molar-refractivity contribution >= 4 is 92.9 Å². The van der Waals surface area contributed by atoms with Crippen LogP contribution >= 0.6 is 75.3 Å². The van der Waals surface area contributed by atoms with Crippen LogP contribution in [0.15, 0.2) is 60.4 Å². The molecule has 0 aliphatic rings. The summed E-state index contributed by atoms with van der Waals surface area (Å²) in [4.78, 5) is 24.8. The zero-order valence-electron chi connectivity index (χ0n) is 17.4. The summed E-state index contributed by atoms with van der Waals surface area (Å²) in [5.41, 5.74) is 0.248. The van der Waals surface area contributed by atoms with Crippen LogP contribution in [-0.4, -0.2) is 23.3 Å². The van der Waals surface area contributed by atoms with Gasteiger partial charge in [0, 0.05) is 23.6 Å². The molecule has 0 unspecified atom stereocenters. The molecule has 0 radical (unpaired) electrons. The van der Waals surface area contributed by atoms with Gasteiger partial charge >= 0.3 is 12.3 Å². The number of alkyl halides is 3. The van der Waals surface area contributed by atoms with Crippen LogP contribution in [0.1, 0.15) is 26.3 Å². The van der Waals surface area contributed by atoms with Gasteiger partial charge in [-0.25, -0.2) is 4.79 Å². The van der Waals surface area contributed by atoms with Crippen molar-refractivity contribution in [3.05, 3.63) is 82.1 Å². The Morgan fingerprint density at radius 3 is 2.17 bits per heavy atom. The second-order valence-electron chi connectivity index (χ2n) is 6.89. The fourth-order valence-electron chi connectivity index (χ4n) is 2.93. The molecule has 0 aliphatic heterocycles. The lowest BCUT2D eigenvalue weighted by molar-refractivity contribution is -0.274. The molecule has 0 aromatic heterocycles. The number of carbonyl (C=O) groups excluding carboxylic acids is 1. The minimum Gasteiger partial charge on any atom is -0.487 e. The lowest BCUT2D eigenvalue weighted by atomic mass is 10.1. The Morgan fingerprint density at radius 1 is 0.944 bits per heavy atom.